The fraction of sp³-hybridized carbons (Fsp3) is 0.636. The van der Waals surface area contributed by atoms with Crippen molar-refractivity contribution in [2.45, 2.75) is 44.7 Å². The molecule has 0 spiro atoms. The highest BCUT2D eigenvalue weighted by atomic mass is 16.4. The molecule has 0 saturated heterocycles. The molecule has 3 N–H and O–H groups in total. The number of nitrogens with zero attached hydrogens (tertiary/aromatic N) is 2. The lowest BCUT2D eigenvalue weighted by atomic mass is 9.88. The predicted molar refractivity (Wildman–Crippen MR) is 59.2 cm³/mol. The summed E-state index contributed by atoms with van der Waals surface area (Å²) in [6.07, 6.45) is 2.58. The normalized spacial score (nSPS) is 24.5. The number of carboxylic acids is 1. The van der Waals surface area contributed by atoms with Crippen LogP contribution in [-0.2, 0) is 17.8 Å². The monoisotopic (exact) mass is 223 g/mol. The Morgan fingerprint density at radius 2 is 2.38 bits per heavy atom. The summed E-state index contributed by atoms with van der Waals surface area (Å²) in [7, 11) is 0. The summed E-state index contributed by atoms with van der Waals surface area (Å²) >= 11 is 0. The highest BCUT2D eigenvalue weighted by Crippen LogP contribution is 2.26. The largest absolute Gasteiger partial charge is 0.480 e. The molecular weight excluding hydrogens is 206 g/mol. The van der Waals surface area contributed by atoms with E-state index in [0.717, 1.165) is 11.5 Å². The van der Waals surface area contributed by atoms with Crippen molar-refractivity contribution in [1.29, 1.82) is 0 Å². The van der Waals surface area contributed by atoms with Gasteiger partial charge in [0.05, 0.1) is 0 Å². The molecule has 0 saturated carbocycles. The molecule has 0 amide bonds. The van der Waals surface area contributed by atoms with Crippen molar-refractivity contribution in [1.82, 2.24) is 9.55 Å². The first-order chi connectivity index (χ1) is 7.44. The fourth-order valence-electron chi connectivity index (χ4n) is 2.19. The Balaban J connectivity index is 2.33. The molecule has 2 rings (SSSR count). The lowest BCUT2D eigenvalue weighted by molar-refractivity contribution is -0.144. The van der Waals surface area contributed by atoms with E-state index in [0.29, 0.717) is 25.3 Å². The number of nitrogens with two attached hydrogens (primary N) is 1. The maximum absolute atomic E-state index is 11.1. The van der Waals surface area contributed by atoms with Gasteiger partial charge in [-0.25, -0.2) is 4.98 Å². The van der Waals surface area contributed by atoms with Crippen LogP contribution in [0, 0.1) is 0 Å². The van der Waals surface area contributed by atoms with Gasteiger partial charge in [0, 0.05) is 30.8 Å². The highest BCUT2D eigenvalue weighted by molar-refractivity contribution is 5.79. The van der Waals surface area contributed by atoms with E-state index in [-0.39, 0.29) is 0 Å². The van der Waals surface area contributed by atoms with Gasteiger partial charge >= 0.3 is 5.97 Å². The Morgan fingerprint density at radius 1 is 1.69 bits per heavy atom. The number of carboxylic acid groups (broad SMARTS) is 1. The molecule has 1 aromatic heterocycles. The van der Waals surface area contributed by atoms with Crippen molar-refractivity contribution < 1.29 is 9.90 Å². The molecule has 16 heavy (non-hydrogen) atoms. The second-order valence-electron chi connectivity index (χ2n) is 4.80. The summed E-state index contributed by atoms with van der Waals surface area (Å²) < 4.78 is 2.10. The molecule has 5 nitrogen and oxygen atoms in total. The van der Waals surface area contributed by atoms with Gasteiger partial charge in [0.2, 0.25) is 0 Å². The first-order valence-electron chi connectivity index (χ1n) is 5.50. The first kappa shape index (κ1) is 11.1. The SMILES string of the molecule is CC(C)c1ncc2n1CCC(N)(C(=O)O)C2. The molecule has 5 heteroatoms. The van der Waals surface area contributed by atoms with E-state index in [9.17, 15) is 4.79 Å². The topological polar surface area (TPSA) is 81.1 Å². The second-order valence-corrected chi connectivity index (χ2v) is 4.80. The average Bonchev–Trinajstić information content (AvgIpc) is 2.59. The van der Waals surface area contributed by atoms with Gasteiger partial charge in [-0.05, 0) is 6.42 Å². The van der Waals surface area contributed by atoms with E-state index in [2.05, 4.69) is 23.4 Å². The zero-order valence-electron chi connectivity index (χ0n) is 9.60. The second kappa shape index (κ2) is 3.59. The van der Waals surface area contributed by atoms with E-state index in [4.69, 9.17) is 10.8 Å². The maximum atomic E-state index is 11.1. The Labute approximate surface area is 94.3 Å². The Morgan fingerprint density at radius 3 is 2.94 bits per heavy atom. The molecule has 1 aliphatic heterocycles. The van der Waals surface area contributed by atoms with Crippen LogP contribution in [0.5, 0.6) is 0 Å². The summed E-state index contributed by atoms with van der Waals surface area (Å²) in [5.41, 5.74) is 5.67. The van der Waals surface area contributed by atoms with Gasteiger partial charge in [-0.2, -0.15) is 0 Å². The van der Waals surface area contributed by atoms with E-state index in [1.807, 2.05) is 0 Å². The zero-order chi connectivity index (χ0) is 11.9. The molecule has 1 aromatic rings. The van der Waals surface area contributed by atoms with Crippen LogP contribution in [0.15, 0.2) is 6.20 Å². The number of carbonyl (C=O) groups is 1. The number of hydrogen-bond donors (Lipinski definition) is 2. The third kappa shape index (κ3) is 1.61. The van der Waals surface area contributed by atoms with E-state index < -0.39 is 11.5 Å². The molecule has 0 aliphatic carbocycles. The van der Waals surface area contributed by atoms with Crippen molar-refractivity contribution in [2.75, 3.05) is 0 Å². The predicted octanol–water partition coefficient (Wildman–Crippen LogP) is 0.735. The van der Waals surface area contributed by atoms with Crippen LogP contribution in [0.1, 0.15) is 37.7 Å². The van der Waals surface area contributed by atoms with E-state index in [1.54, 1.807) is 6.20 Å². The molecule has 88 valence electrons. The molecular formula is C11H17N3O2. The number of rotatable bonds is 2. The molecule has 0 fully saturated rings. The van der Waals surface area contributed by atoms with Gasteiger partial charge < -0.3 is 15.4 Å². The Hall–Kier alpha value is -1.36. The zero-order valence-corrected chi connectivity index (χ0v) is 9.60. The van der Waals surface area contributed by atoms with E-state index in [1.165, 1.54) is 0 Å². The van der Waals surface area contributed by atoms with Crippen molar-refractivity contribution in [3.63, 3.8) is 0 Å². The standard InChI is InChI=1S/C11H17N3O2/c1-7(2)9-13-6-8-5-11(12,10(15)16)3-4-14(8)9/h6-7H,3-5,12H2,1-2H3,(H,15,16). The Kier molecular flexibility index (Phi) is 2.50. The molecule has 0 bridgehead atoms. The summed E-state index contributed by atoms with van der Waals surface area (Å²) in [5.74, 6) is 0.442. The smallest absolute Gasteiger partial charge is 0.324 e. The lowest BCUT2D eigenvalue weighted by Gasteiger charge is -2.31. The van der Waals surface area contributed by atoms with Gasteiger partial charge in [0.15, 0.2) is 0 Å². The van der Waals surface area contributed by atoms with Crippen molar-refractivity contribution >= 4 is 5.97 Å². The minimum absolute atomic E-state index is 0.351. The fourth-order valence-corrected chi connectivity index (χ4v) is 2.19. The summed E-state index contributed by atoms with van der Waals surface area (Å²) in [4.78, 5) is 15.4. The first-order valence-corrected chi connectivity index (χ1v) is 5.50. The van der Waals surface area contributed by atoms with Gasteiger partial charge in [-0.3, -0.25) is 4.79 Å². The van der Waals surface area contributed by atoms with Crippen molar-refractivity contribution in [3.05, 3.63) is 17.7 Å². The van der Waals surface area contributed by atoms with Gasteiger partial charge in [-0.15, -0.1) is 0 Å². The number of aliphatic carboxylic acids is 1. The average molecular weight is 223 g/mol. The minimum Gasteiger partial charge on any atom is -0.480 e. The van der Waals surface area contributed by atoms with Crippen LogP contribution in [0.4, 0.5) is 0 Å². The van der Waals surface area contributed by atoms with Crippen LogP contribution < -0.4 is 5.73 Å². The molecule has 1 aliphatic rings. The van der Waals surface area contributed by atoms with Crippen LogP contribution in [0.2, 0.25) is 0 Å². The molecule has 0 radical (unpaired) electrons. The number of hydrogen-bond acceptors (Lipinski definition) is 3. The third-order valence-corrected chi connectivity index (χ3v) is 3.19. The number of aromatic nitrogens is 2. The molecule has 1 atom stereocenters. The maximum Gasteiger partial charge on any atom is 0.324 e. The van der Waals surface area contributed by atoms with Crippen molar-refractivity contribution in [3.8, 4) is 0 Å². The minimum atomic E-state index is -1.12. The molecule has 1 unspecified atom stereocenters. The van der Waals surface area contributed by atoms with Crippen LogP contribution in [0.25, 0.3) is 0 Å². The number of imidazole rings is 1. The molecule has 2 heterocycles. The number of fused-ring (bicyclic) bond motifs is 1. The summed E-state index contributed by atoms with van der Waals surface area (Å²) in [6, 6.07) is 0. The lowest BCUT2D eigenvalue weighted by Crippen LogP contribution is -2.53. The van der Waals surface area contributed by atoms with Crippen LogP contribution >= 0.6 is 0 Å². The molecule has 0 aromatic carbocycles. The van der Waals surface area contributed by atoms with Gasteiger partial charge in [-0.1, -0.05) is 13.8 Å². The van der Waals surface area contributed by atoms with E-state index >= 15 is 0 Å². The Bertz CT molecular complexity index is 425. The van der Waals surface area contributed by atoms with Crippen LogP contribution in [-0.4, -0.2) is 26.2 Å². The van der Waals surface area contributed by atoms with Crippen LogP contribution in [0.3, 0.4) is 0 Å². The quantitative estimate of drug-likeness (QED) is 0.774. The third-order valence-electron chi connectivity index (χ3n) is 3.19. The van der Waals surface area contributed by atoms with Gasteiger partial charge in [0.1, 0.15) is 11.4 Å². The highest BCUT2D eigenvalue weighted by Gasteiger charge is 2.38. The summed E-state index contributed by atoms with van der Waals surface area (Å²) in [6.45, 7) is 4.81. The summed E-state index contributed by atoms with van der Waals surface area (Å²) in [5, 5.41) is 9.08. The van der Waals surface area contributed by atoms with Crippen molar-refractivity contribution in [2.24, 2.45) is 5.73 Å². The van der Waals surface area contributed by atoms with Gasteiger partial charge in [0.25, 0.3) is 0 Å².